The van der Waals surface area contributed by atoms with E-state index in [1.807, 2.05) is 36.4 Å². The second kappa shape index (κ2) is 12.1. The number of carbonyl (C=O) groups excluding carboxylic acids is 2. The first kappa shape index (κ1) is 25.2. The zero-order valence-electron chi connectivity index (χ0n) is 15.3. The summed E-state index contributed by atoms with van der Waals surface area (Å²) in [7, 11) is 0. The van der Waals surface area contributed by atoms with Gasteiger partial charge in [0.1, 0.15) is 0 Å². The van der Waals surface area contributed by atoms with Crippen molar-refractivity contribution in [3.63, 3.8) is 0 Å². The molecule has 0 aliphatic carbocycles. The number of thioether (sulfide) groups is 2. The van der Waals surface area contributed by atoms with E-state index in [1.165, 1.54) is 34.9 Å². The van der Waals surface area contributed by atoms with Crippen molar-refractivity contribution >= 4 is 122 Å². The van der Waals surface area contributed by atoms with E-state index in [9.17, 15) is 9.59 Å². The molecule has 0 aliphatic rings. The van der Waals surface area contributed by atoms with Crippen LogP contribution < -0.4 is 10.6 Å². The lowest BCUT2D eigenvalue weighted by atomic mass is 10.3. The quantitative estimate of drug-likeness (QED) is 0.242. The number of nitrogens with one attached hydrogen (secondary N) is 2. The fourth-order valence-corrected chi connectivity index (χ4v) is 6.16. The Morgan fingerprint density at radius 2 is 1.19 bits per heavy atom. The average Bonchev–Trinajstić information content (AvgIpc) is 3.18. The maximum absolute atomic E-state index is 12.2. The van der Waals surface area contributed by atoms with E-state index in [0.29, 0.717) is 20.1 Å². The van der Waals surface area contributed by atoms with E-state index < -0.39 is 0 Å². The smallest absolute Gasteiger partial charge is 0.234 e. The van der Waals surface area contributed by atoms with E-state index in [1.54, 1.807) is 0 Å². The molecule has 0 saturated heterocycles. The first-order chi connectivity index (χ1) is 14.8. The first-order valence-corrected chi connectivity index (χ1v) is 14.3. The van der Waals surface area contributed by atoms with Crippen LogP contribution in [-0.4, -0.2) is 33.5 Å². The molecule has 6 nitrogen and oxygen atoms in total. The predicted molar refractivity (Wildman–Crippen MR) is 142 cm³/mol. The number of aromatic nitrogens is 2. The molecule has 0 fully saturated rings. The Hall–Kier alpha value is -0.440. The third kappa shape index (κ3) is 8.13. The van der Waals surface area contributed by atoms with Gasteiger partial charge in [-0.15, -0.1) is 10.2 Å². The van der Waals surface area contributed by atoms with E-state index in [0.717, 1.165) is 17.9 Å². The molecule has 2 amide bonds. The van der Waals surface area contributed by atoms with E-state index in [2.05, 4.69) is 84.6 Å². The summed E-state index contributed by atoms with van der Waals surface area (Å²) in [5.41, 5.74) is 1.38. The van der Waals surface area contributed by atoms with E-state index >= 15 is 0 Å². The lowest BCUT2D eigenvalue weighted by Crippen LogP contribution is -2.14. The van der Waals surface area contributed by atoms with Gasteiger partial charge in [0, 0.05) is 17.9 Å². The van der Waals surface area contributed by atoms with Crippen molar-refractivity contribution in [3.05, 3.63) is 54.3 Å². The SMILES string of the molecule is O=C(CSc1nnc(SCC(=O)Nc2cc(Br)ccc2Br)s1)Nc1cc(Br)ccc1Br. The molecular formula is C18H12Br4N4O2S3. The molecule has 3 rings (SSSR count). The van der Waals surface area contributed by atoms with Crippen LogP contribution in [0.3, 0.4) is 0 Å². The third-order valence-corrected chi connectivity index (χ3v) is 9.01. The molecule has 1 heterocycles. The van der Waals surface area contributed by atoms with Gasteiger partial charge in [0.25, 0.3) is 0 Å². The molecule has 0 atom stereocenters. The van der Waals surface area contributed by atoms with Gasteiger partial charge in [-0.3, -0.25) is 9.59 Å². The second-order valence-electron chi connectivity index (χ2n) is 5.76. The molecule has 13 heteroatoms. The van der Waals surface area contributed by atoms with Crippen LogP contribution in [0.25, 0.3) is 0 Å². The number of rotatable bonds is 8. The molecule has 1 aromatic heterocycles. The number of hydrogen-bond acceptors (Lipinski definition) is 7. The molecule has 0 spiro atoms. The van der Waals surface area contributed by atoms with Crippen molar-refractivity contribution in [2.45, 2.75) is 8.68 Å². The van der Waals surface area contributed by atoms with Crippen LogP contribution in [0, 0.1) is 0 Å². The van der Waals surface area contributed by atoms with Crippen LogP contribution in [0.5, 0.6) is 0 Å². The highest BCUT2D eigenvalue weighted by Crippen LogP contribution is 2.31. The summed E-state index contributed by atoms with van der Waals surface area (Å²) in [6, 6.07) is 11.1. The number of benzene rings is 2. The number of anilines is 2. The molecule has 31 heavy (non-hydrogen) atoms. The van der Waals surface area contributed by atoms with Crippen LogP contribution in [0.4, 0.5) is 11.4 Å². The van der Waals surface area contributed by atoms with Crippen LogP contribution in [0.15, 0.2) is 63.0 Å². The summed E-state index contributed by atoms with van der Waals surface area (Å²) in [5.74, 6) is 0.116. The van der Waals surface area contributed by atoms with Crippen molar-refractivity contribution in [2.75, 3.05) is 22.1 Å². The van der Waals surface area contributed by atoms with Gasteiger partial charge >= 0.3 is 0 Å². The fourth-order valence-electron chi connectivity index (χ4n) is 2.13. The van der Waals surface area contributed by atoms with Gasteiger partial charge < -0.3 is 10.6 Å². The molecule has 0 bridgehead atoms. The van der Waals surface area contributed by atoms with Gasteiger partial charge in [0.15, 0.2) is 8.68 Å². The summed E-state index contributed by atoms with van der Waals surface area (Å²) in [5, 5.41) is 13.9. The summed E-state index contributed by atoms with van der Waals surface area (Å²) in [6.45, 7) is 0. The summed E-state index contributed by atoms with van der Waals surface area (Å²) >= 11 is 17.5. The van der Waals surface area contributed by atoms with Gasteiger partial charge in [-0.2, -0.15) is 0 Å². The molecular weight excluding hydrogens is 720 g/mol. The van der Waals surface area contributed by atoms with E-state index in [-0.39, 0.29) is 23.3 Å². The van der Waals surface area contributed by atoms with Crippen molar-refractivity contribution in [2.24, 2.45) is 0 Å². The lowest BCUT2D eigenvalue weighted by Gasteiger charge is -2.07. The molecule has 0 radical (unpaired) electrons. The number of halogens is 4. The Labute approximate surface area is 224 Å². The van der Waals surface area contributed by atoms with Crippen LogP contribution in [-0.2, 0) is 9.59 Å². The average molecular weight is 732 g/mol. The summed E-state index contributed by atoms with van der Waals surface area (Å²) < 4.78 is 4.69. The number of hydrogen-bond donors (Lipinski definition) is 2. The van der Waals surface area contributed by atoms with Crippen molar-refractivity contribution in [1.29, 1.82) is 0 Å². The number of amides is 2. The topological polar surface area (TPSA) is 84.0 Å². The maximum atomic E-state index is 12.2. The highest BCUT2D eigenvalue weighted by molar-refractivity contribution is 9.11. The Bertz CT molecular complexity index is 1030. The van der Waals surface area contributed by atoms with Crippen molar-refractivity contribution in [1.82, 2.24) is 10.2 Å². The van der Waals surface area contributed by atoms with E-state index in [4.69, 9.17) is 0 Å². The highest BCUT2D eigenvalue weighted by Gasteiger charge is 2.12. The first-order valence-electron chi connectivity index (χ1n) is 8.39. The standard InChI is InChI=1S/C18H12Br4N4O2S3/c19-9-1-3-11(21)13(5-9)23-15(27)7-29-17-25-26-18(31-17)30-8-16(28)24-14-6-10(20)2-4-12(14)22/h1-6H,7-8H2,(H,23,27)(H,24,28). The van der Waals surface area contributed by atoms with Crippen molar-refractivity contribution < 1.29 is 9.59 Å². The molecule has 0 unspecified atom stereocenters. The summed E-state index contributed by atoms with van der Waals surface area (Å²) in [6.07, 6.45) is 0. The molecule has 2 N–H and O–H groups in total. The molecule has 162 valence electrons. The van der Waals surface area contributed by atoms with Crippen LogP contribution in [0.1, 0.15) is 0 Å². The molecule has 0 aliphatic heterocycles. The van der Waals surface area contributed by atoms with Crippen LogP contribution in [0.2, 0.25) is 0 Å². The molecule has 3 aromatic rings. The zero-order valence-corrected chi connectivity index (χ0v) is 24.1. The minimum absolute atomic E-state index is 0.146. The minimum atomic E-state index is -0.146. The number of nitrogens with zero attached hydrogens (tertiary/aromatic N) is 2. The monoisotopic (exact) mass is 728 g/mol. The highest BCUT2D eigenvalue weighted by atomic mass is 79.9. The van der Waals surface area contributed by atoms with Gasteiger partial charge in [0.05, 0.1) is 22.9 Å². The predicted octanol–water partition coefficient (Wildman–Crippen LogP) is 7.05. The second-order valence-corrected chi connectivity index (χ2v) is 12.7. The van der Waals surface area contributed by atoms with Crippen LogP contribution >= 0.6 is 98.6 Å². The van der Waals surface area contributed by atoms with Gasteiger partial charge in [-0.05, 0) is 68.3 Å². The minimum Gasteiger partial charge on any atom is -0.324 e. The fraction of sp³-hybridized carbons (Fsp3) is 0.111. The normalized spacial score (nSPS) is 10.7. The third-order valence-electron chi connectivity index (χ3n) is 3.45. The lowest BCUT2D eigenvalue weighted by molar-refractivity contribution is -0.114. The maximum Gasteiger partial charge on any atom is 0.234 e. The summed E-state index contributed by atoms with van der Waals surface area (Å²) in [4.78, 5) is 24.4. The Kier molecular flexibility index (Phi) is 9.87. The largest absolute Gasteiger partial charge is 0.324 e. The Balaban J connectivity index is 1.45. The van der Waals surface area contributed by atoms with Gasteiger partial charge in [0.2, 0.25) is 11.8 Å². The van der Waals surface area contributed by atoms with Gasteiger partial charge in [-0.1, -0.05) is 66.7 Å². The van der Waals surface area contributed by atoms with Crippen molar-refractivity contribution in [3.8, 4) is 0 Å². The molecule has 0 saturated carbocycles. The molecule has 2 aromatic carbocycles. The Morgan fingerprint density at radius 3 is 1.61 bits per heavy atom. The Morgan fingerprint density at radius 1 is 0.774 bits per heavy atom. The zero-order chi connectivity index (χ0) is 22.4. The number of carbonyl (C=O) groups is 2. The van der Waals surface area contributed by atoms with Gasteiger partial charge in [-0.25, -0.2) is 0 Å².